The molecule has 4 saturated heterocycles. The average Bonchev–Trinajstić information content (AvgIpc) is 3.81. The highest BCUT2D eigenvalue weighted by Gasteiger charge is 2.51. The second kappa shape index (κ2) is 11.1. The van der Waals surface area contributed by atoms with Gasteiger partial charge in [-0.2, -0.15) is 9.97 Å². The van der Waals surface area contributed by atoms with Crippen LogP contribution in [-0.2, 0) is 17.8 Å². The first-order valence-electron chi connectivity index (χ1n) is 16.4. The van der Waals surface area contributed by atoms with Gasteiger partial charge in [0.2, 0.25) is 5.91 Å². The molecule has 5 aliphatic heterocycles. The Kier molecular flexibility index (Phi) is 7.17. The van der Waals surface area contributed by atoms with E-state index >= 15 is 0 Å². The fraction of sp³-hybridized carbons (Fsp3) is 0.514. The summed E-state index contributed by atoms with van der Waals surface area (Å²) in [5.41, 5.74) is 2.87. The van der Waals surface area contributed by atoms with E-state index < -0.39 is 6.17 Å². The van der Waals surface area contributed by atoms with E-state index in [0.29, 0.717) is 32.1 Å². The summed E-state index contributed by atoms with van der Waals surface area (Å²) in [7, 11) is 2.10. The average molecular weight is 631 g/mol. The summed E-state index contributed by atoms with van der Waals surface area (Å²) >= 11 is 6.74. The molecule has 0 N–H and O–H groups in total. The maximum Gasteiger partial charge on any atom is 0.318 e. The summed E-state index contributed by atoms with van der Waals surface area (Å²) in [6.07, 6.45) is 6.80. The summed E-state index contributed by atoms with van der Waals surface area (Å²) in [5, 5.41) is 2.89. The van der Waals surface area contributed by atoms with Crippen molar-refractivity contribution >= 4 is 39.8 Å². The van der Waals surface area contributed by atoms with E-state index in [1.54, 1.807) is 0 Å². The van der Waals surface area contributed by atoms with Crippen LogP contribution in [0.2, 0.25) is 5.02 Å². The van der Waals surface area contributed by atoms with Gasteiger partial charge in [-0.1, -0.05) is 42.4 Å². The van der Waals surface area contributed by atoms with Gasteiger partial charge in [0.1, 0.15) is 18.6 Å². The molecule has 8 nitrogen and oxygen atoms in total. The highest BCUT2D eigenvalue weighted by atomic mass is 35.5. The third-order valence-corrected chi connectivity index (χ3v) is 11.5. The lowest BCUT2D eigenvalue weighted by Gasteiger charge is -2.37. The molecule has 0 saturated carbocycles. The number of rotatable bonds is 7. The molecule has 4 fully saturated rings. The van der Waals surface area contributed by atoms with E-state index in [9.17, 15) is 9.18 Å². The van der Waals surface area contributed by atoms with Crippen LogP contribution in [0.1, 0.15) is 49.8 Å². The molecule has 2 aromatic carbocycles. The number of nitrogens with zero attached hydrogens (tertiary/aromatic N) is 6. The van der Waals surface area contributed by atoms with Crippen molar-refractivity contribution in [3.8, 4) is 6.01 Å². The second-order valence-electron chi connectivity index (χ2n) is 13.6. The number of amides is 1. The summed E-state index contributed by atoms with van der Waals surface area (Å²) < 4.78 is 21.0. The lowest BCUT2D eigenvalue weighted by molar-refractivity contribution is -0.127. The standard InChI is InChI=1S/C35H40ClFN6O2/c1-3-31(44)43-24-11-12-28(43)30(17-24)40(2)33-25-13-16-41(29-10-5-8-22-7-4-9-26(36)32(22)29)20-27(25)38-34(39-33)45-21-35-14-6-15-42(35)19-23(37)18-35/h3-5,7-10,23-24,28,30H,1,6,11-21H2,2H3/t23-,24+,28-,30+,35+/m1/s1. The fourth-order valence-electron chi connectivity index (χ4n) is 9.12. The van der Waals surface area contributed by atoms with E-state index in [1.807, 2.05) is 17.0 Å². The summed E-state index contributed by atoms with van der Waals surface area (Å²) in [6.45, 7) is 6.93. The van der Waals surface area contributed by atoms with Crippen LogP contribution in [0, 0.1) is 0 Å². The Morgan fingerprint density at radius 1 is 1.22 bits per heavy atom. The molecule has 236 valence electrons. The van der Waals surface area contributed by atoms with E-state index in [2.05, 4.69) is 52.6 Å². The molecule has 1 aromatic heterocycles. The minimum atomic E-state index is -0.819. The highest BCUT2D eigenvalue weighted by Crippen LogP contribution is 2.44. The number of hydrogen-bond acceptors (Lipinski definition) is 7. The minimum Gasteiger partial charge on any atom is -0.461 e. The molecule has 1 amide bonds. The van der Waals surface area contributed by atoms with Crippen molar-refractivity contribution in [1.29, 1.82) is 0 Å². The Morgan fingerprint density at radius 2 is 2.07 bits per heavy atom. The zero-order chi connectivity index (χ0) is 30.9. The topological polar surface area (TPSA) is 65.0 Å². The first kappa shape index (κ1) is 29.0. The van der Waals surface area contributed by atoms with Crippen LogP contribution in [-0.4, -0.2) is 88.8 Å². The van der Waals surface area contributed by atoms with Crippen LogP contribution >= 0.6 is 11.6 Å². The molecule has 2 bridgehead atoms. The summed E-state index contributed by atoms with van der Waals surface area (Å²) in [6, 6.07) is 13.2. The normalized spacial score (nSPS) is 28.9. The van der Waals surface area contributed by atoms with Gasteiger partial charge in [0.25, 0.3) is 0 Å². The third-order valence-electron chi connectivity index (χ3n) is 11.2. The molecule has 0 unspecified atom stereocenters. The van der Waals surface area contributed by atoms with Crippen molar-refractivity contribution < 1.29 is 13.9 Å². The van der Waals surface area contributed by atoms with E-state index in [1.165, 1.54) is 6.08 Å². The molecular weight excluding hydrogens is 591 g/mol. The number of carbonyl (C=O) groups excluding carboxylic acids is 1. The number of carbonyl (C=O) groups is 1. The molecule has 0 aliphatic carbocycles. The van der Waals surface area contributed by atoms with Gasteiger partial charge < -0.3 is 19.4 Å². The number of aromatic nitrogens is 2. The number of alkyl halides is 1. The third kappa shape index (κ3) is 4.76. The van der Waals surface area contributed by atoms with Gasteiger partial charge in [-0.05, 0) is 68.7 Å². The van der Waals surface area contributed by atoms with Gasteiger partial charge in [0.05, 0.1) is 34.9 Å². The van der Waals surface area contributed by atoms with Gasteiger partial charge in [0.15, 0.2) is 0 Å². The first-order valence-corrected chi connectivity index (χ1v) is 16.7. The number of ether oxygens (including phenoxy) is 1. The Balaban J connectivity index is 1.14. The molecular formula is C35H40ClFN6O2. The van der Waals surface area contributed by atoms with Crippen molar-refractivity contribution in [1.82, 2.24) is 19.8 Å². The van der Waals surface area contributed by atoms with Crippen molar-refractivity contribution in [3.63, 3.8) is 0 Å². The van der Waals surface area contributed by atoms with Crippen LogP contribution in [0.3, 0.4) is 0 Å². The molecule has 6 heterocycles. The maximum absolute atomic E-state index is 14.5. The molecule has 8 rings (SSSR count). The number of halogens is 2. The van der Waals surface area contributed by atoms with Crippen LogP contribution in [0.5, 0.6) is 6.01 Å². The van der Waals surface area contributed by atoms with Crippen molar-refractivity contribution in [2.75, 3.05) is 43.1 Å². The monoisotopic (exact) mass is 630 g/mol. The molecule has 3 aromatic rings. The van der Waals surface area contributed by atoms with Gasteiger partial charge in [-0.3, -0.25) is 9.69 Å². The van der Waals surface area contributed by atoms with Crippen LogP contribution < -0.4 is 14.5 Å². The minimum absolute atomic E-state index is 0.0135. The highest BCUT2D eigenvalue weighted by molar-refractivity contribution is 6.36. The largest absolute Gasteiger partial charge is 0.461 e. The summed E-state index contributed by atoms with van der Waals surface area (Å²) in [5.74, 6) is 0.893. The maximum atomic E-state index is 14.5. The predicted octanol–water partition coefficient (Wildman–Crippen LogP) is 5.56. The Hall–Kier alpha value is -3.43. The zero-order valence-corrected chi connectivity index (χ0v) is 26.6. The summed E-state index contributed by atoms with van der Waals surface area (Å²) in [4.78, 5) is 31.8. The Morgan fingerprint density at radius 3 is 2.91 bits per heavy atom. The molecule has 45 heavy (non-hydrogen) atoms. The van der Waals surface area contributed by atoms with Crippen molar-refractivity contribution in [3.05, 3.63) is 65.3 Å². The number of benzene rings is 2. The number of anilines is 2. The lowest BCUT2D eigenvalue weighted by atomic mass is 9.93. The zero-order valence-electron chi connectivity index (χ0n) is 25.8. The van der Waals surface area contributed by atoms with Crippen molar-refractivity contribution in [2.24, 2.45) is 0 Å². The smallest absolute Gasteiger partial charge is 0.318 e. The van der Waals surface area contributed by atoms with E-state index in [0.717, 1.165) is 90.2 Å². The molecule has 5 aliphatic rings. The van der Waals surface area contributed by atoms with Gasteiger partial charge in [0, 0.05) is 49.2 Å². The van der Waals surface area contributed by atoms with Crippen LogP contribution in [0.25, 0.3) is 10.8 Å². The Bertz CT molecular complexity index is 1670. The number of hydrogen-bond donors (Lipinski definition) is 0. The predicted molar refractivity (Wildman–Crippen MR) is 175 cm³/mol. The number of likely N-dealkylation sites (N-methyl/N-ethyl adjacent to an activating group) is 1. The van der Waals surface area contributed by atoms with Gasteiger partial charge >= 0.3 is 6.01 Å². The van der Waals surface area contributed by atoms with Gasteiger partial charge in [-0.15, -0.1) is 0 Å². The first-order chi connectivity index (χ1) is 21.8. The lowest BCUT2D eigenvalue weighted by Crippen LogP contribution is -2.45. The van der Waals surface area contributed by atoms with Crippen LogP contribution in [0.15, 0.2) is 49.1 Å². The molecule has 0 radical (unpaired) electrons. The Labute approximate surface area is 268 Å². The molecule has 5 atom stereocenters. The molecule has 10 heteroatoms. The van der Waals surface area contributed by atoms with E-state index in [4.69, 9.17) is 26.3 Å². The van der Waals surface area contributed by atoms with Crippen LogP contribution in [0.4, 0.5) is 15.9 Å². The van der Waals surface area contributed by atoms with Gasteiger partial charge in [-0.25, -0.2) is 4.39 Å². The number of fused-ring (bicyclic) bond motifs is 5. The SMILES string of the molecule is C=CC(=O)N1[C@H]2CC[C@@H]1[C@@H](N(C)c1nc(OC[C@@]34CCCN3C[C@H](F)C4)nc3c1CCN(c1cccc4cccc(Cl)c14)C3)C2. The van der Waals surface area contributed by atoms with Crippen molar-refractivity contribution in [2.45, 2.75) is 81.3 Å². The van der Waals surface area contributed by atoms with E-state index in [-0.39, 0.29) is 29.6 Å². The second-order valence-corrected chi connectivity index (χ2v) is 14.0. The quantitative estimate of drug-likeness (QED) is 0.317. The molecule has 0 spiro atoms. The fourth-order valence-corrected chi connectivity index (χ4v) is 9.40.